The number of nitrogens with zero attached hydrogens (tertiary/aromatic N) is 1. The van der Waals surface area contributed by atoms with Gasteiger partial charge in [-0.25, -0.2) is 4.79 Å². The summed E-state index contributed by atoms with van der Waals surface area (Å²) in [4.78, 5) is 11.9. The Balaban J connectivity index is 3.21. The van der Waals surface area contributed by atoms with Crippen molar-refractivity contribution >= 4 is 21.9 Å². The van der Waals surface area contributed by atoms with Crippen molar-refractivity contribution in [2.45, 2.75) is 26.9 Å². The fourth-order valence-corrected chi connectivity index (χ4v) is 2.58. The van der Waals surface area contributed by atoms with E-state index in [-0.39, 0.29) is 17.4 Å². The zero-order valence-corrected chi connectivity index (χ0v) is 14.2. The number of rotatable bonds is 7. The molecular weight excluding hydrogens is 308 g/mol. The number of ether oxygens (including phenoxy) is 2. The molecule has 0 aliphatic carbocycles. The molecule has 1 rings (SSSR count). The van der Waals surface area contributed by atoms with Gasteiger partial charge in [0.25, 0.3) is 0 Å². The Bertz CT molecular complexity index is 628. The summed E-state index contributed by atoms with van der Waals surface area (Å²) in [5.41, 5.74) is 0.233. The molecule has 1 aromatic rings. The Morgan fingerprint density at radius 2 is 2.00 bits per heavy atom. The van der Waals surface area contributed by atoms with Crippen molar-refractivity contribution in [2.75, 3.05) is 25.4 Å². The first kappa shape index (κ1) is 18.2. The second kappa shape index (κ2) is 7.46. The normalized spacial score (nSPS) is 11.6. The van der Waals surface area contributed by atoms with E-state index in [0.717, 1.165) is 4.31 Å². The topological polar surface area (TPSA) is 84.9 Å². The Kier molecular flexibility index (Phi) is 6.19. The molecule has 0 heterocycles. The van der Waals surface area contributed by atoms with Crippen molar-refractivity contribution in [3.63, 3.8) is 0 Å². The summed E-state index contributed by atoms with van der Waals surface area (Å²) < 4.78 is 37.9. The summed E-state index contributed by atoms with van der Waals surface area (Å²) in [5.74, 6) is -0.187. The van der Waals surface area contributed by atoms with Crippen LogP contribution < -0.4 is 9.46 Å². The van der Waals surface area contributed by atoms with Gasteiger partial charge in [-0.1, -0.05) is 6.92 Å². The van der Waals surface area contributed by atoms with Gasteiger partial charge in [0.2, 0.25) is 0 Å². The Morgan fingerprint density at radius 1 is 1.36 bits per heavy atom. The van der Waals surface area contributed by atoms with E-state index in [1.165, 1.54) is 26.3 Å². The van der Waals surface area contributed by atoms with Gasteiger partial charge < -0.3 is 9.47 Å². The predicted octanol–water partition coefficient (Wildman–Crippen LogP) is 1.87. The van der Waals surface area contributed by atoms with E-state index < -0.39 is 16.2 Å². The minimum atomic E-state index is -3.73. The molecule has 0 bridgehead atoms. The average molecular weight is 330 g/mol. The van der Waals surface area contributed by atoms with Crippen molar-refractivity contribution < 1.29 is 22.7 Å². The summed E-state index contributed by atoms with van der Waals surface area (Å²) in [6, 6.07) is 4.52. The molecule has 0 saturated carbocycles. The van der Waals surface area contributed by atoms with Gasteiger partial charge in [-0.15, -0.1) is 0 Å². The van der Waals surface area contributed by atoms with Crippen LogP contribution in [0, 0.1) is 0 Å². The van der Waals surface area contributed by atoms with Gasteiger partial charge in [0.1, 0.15) is 5.75 Å². The van der Waals surface area contributed by atoms with Crippen LogP contribution in [-0.2, 0) is 14.9 Å². The Morgan fingerprint density at radius 3 is 2.50 bits per heavy atom. The smallest absolute Gasteiger partial charge is 0.340 e. The van der Waals surface area contributed by atoms with E-state index in [1.807, 2.05) is 13.8 Å². The van der Waals surface area contributed by atoms with Gasteiger partial charge in [0, 0.05) is 13.6 Å². The minimum absolute atomic E-state index is 0.0701. The molecule has 0 saturated heterocycles. The highest BCUT2D eigenvalue weighted by Crippen LogP contribution is 2.25. The fraction of sp³-hybridized carbons (Fsp3) is 0.500. The van der Waals surface area contributed by atoms with E-state index in [1.54, 1.807) is 13.0 Å². The van der Waals surface area contributed by atoms with E-state index in [9.17, 15) is 13.2 Å². The third kappa shape index (κ3) is 4.60. The molecule has 0 spiro atoms. The molecule has 124 valence electrons. The standard InChI is InChI=1S/C14H22N2O5S/c1-6-16(4)22(18,19)15-13-8-7-11(21-10(2)3)9-12(13)14(17)20-5/h7-10,15H,6H2,1-5H3. The molecule has 0 unspecified atom stereocenters. The average Bonchev–Trinajstić information content (AvgIpc) is 2.46. The molecular formula is C14H22N2O5S. The van der Waals surface area contributed by atoms with Crippen molar-refractivity contribution in [1.82, 2.24) is 4.31 Å². The van der Waals surface area contributed by atoms with Gasteiger partial charge in [-0.2, -0.15) is 12.7 Å². The number of carbonyl (C=O) groups excluding carboxylic acids is 1. The van der Waals surface area contributed by atoms with Gasteiger partial charge in [-0.05, 0) is 32.0 Å². The molecule has 0 atom stereocenters. The number of esters is 1. The Labute approximate surface area is 131 Å². The van der Waals surface area contributed by atoms with Crippen molar-refractivity contribution in [3.05, 3.63) is 23.8 Å². The first-order chi connectivity index (χ1) is 10.2. The zero-order chi connectivity index (χ0) is 16.9. The molecule has 8 heteroatoms. The lowest BCUT2D eigenvalue weighted by Crippen LogP contribution is -2.32. The molecule has 22 heavy (non-hydrogen) atoms. The zero-order valence-electron chi connectivity index (χ0n) is 13.4. The van der Waals surface area contributed by atoms with E-state index in [4.69, 9.17) is 9.47 Å². The lowest BCUT2D eigenvalue weighted by Gasteiger charge is -2.18. The third-order valence-corrected chi connectivity index (χ3v) is 4.42. The van der Waals surface area contributed by atoms with Crippen LogP contribution in [0.1, 0.15) is 31.1 Å². The van der Waals surface area contributed by atoms with Gasteiger partial charge in [0.05, 0.1) is 24.5 Å². The summed E-state index contributed by atoms with van der Waals surface area (Å²) in [5, 5.41) is 0. The van der Waals surface area contributed by atoms with Crippen LogP contribution in [0.5, 0.6) is 5.75 Å². The Hall–Kier alpha value is -1.80. The highest BCUT2D eigenvalue weighted by atomic mass is 32.2. The first-order valence-corrected chi connectivity index (χ1v) is 8.28. The molecule has 0 aliphatic rings. The number of hydrogen-bond donors (Lipinski definition) is 1. The number of benzene rings is 1. The second-order valence-corrected chi connectivity index (χ2v) is 6.66. The molecule has 0 fully saturated rings. The van der Waals surface area contributed by atoms with Gasteiger partial charge >= 0.3 is 16.2 Å². The van der Waals surface area contributed by atoms with Gasteiger partial charge in [-0.3, -0.25) is 4.72 Å². The first-order valence-electron chi connectivity index (χ1n) is 6.84. The number of anilines is 1. The highest BCUT2D eigenvalue weighted by Gasteiger charge is 2.21. The van der Waals surface area contributed by atoms with Crippen LogP contribution in [0.25, 0.3) is 0 Å². The molecule has 7 nitrogen and oxygen atoms in total. The van der Waals surface area contributed by atoms with Gasteiger partial charge in [0.15, 0.2) is 0 Å². The maximum atomic E-state index is 12.1. The molecule has 0 aliphatic heterocycles. The quantitative estimate of drug-likeness (QED) is 0.772. The molecule has 0 aromatic heterocycles. The molecule has 0 amide bonds. The largest absolute Gasteiger partial charge is 0.491 e. The number of methoxy groups -OCH3 is 1. The minimum Gasteiger partial charge on any atom is -0.491 e. The van der Waals surface area contributed by atoms with Crippen LogP contribution in [0.4, 0.5) is 5.69 Å². The van der Waals surface area contributed by atoms with Crippen LogP contribution in [0.3, 0.4) is 0 Å². The predicted molar refractivity (Wildman–Crippen MR) is 84.4 cm³/mol. The van der Waals surface area contributed by atoms with Crippen LogP contribution >= 0.6 is 0 Å². The van der Waals surface area contributed by atoms with Crippen molar-refractivity contribution in [2.24, 2.45) is 0 Å². The van der Waals surface area contributed by atoms with Crippen molar-refractivity contribution in [1.29, 1.82) is 0 Å². The summed E-state index contributed by atoms with van der Waals surface area (Å²) in [7, 11) is -1.06. The van der Waals surface area contributed by atoms with E-state index in [0.29, 0.717) is 12.3 Å². The fourth-order valence-electron chi connectivity index (χ4n) is 1.62. The lowest BCUT2D eigenvalue weighted by molar-refractivity contribution is 0.0601. The molecule has 1 N–H and O–H groups in total. The van der Waals surface area contributed by atoms with E-state index >= 15 is 0 Å². The van der Waals surface area contributed by atoms with Crippen LogP contribution in [0.2, 0.25) is 0 Å². The monoisotopic (exact) mass is 330 g/mol. The second-order valence-electron chi connectivity index (χ2n) is 4.89. The molecule has 0 radical (unpaired) electrons. The van der Waals surface area contributed by atoms with Crippen LogP contribution in [0.15, 0.2) is 18.2 Å². The summed E-state index contributed by atoms with van der Waals surface area (Å²) >= 11 is 0. The van der Waals surface area contributed by atoms with Crippen LogP contribution in [-0.4, -0.2) is 45.5 Å². The maximum absolute atomic E-state index is 12.1. The molecule has 1 aromatic carbocycles. The third-order valence-electron chi connectivity index (χ3n) is 2.86. The SMILES string of the molecule is CCN(C)S(=O)(=O)Nc1ccc(OC(C)C)cc1C(=O)OC. The highest BCUT2D eigenvalue weighted by molar-refractivity contribution is 7.90. The summed E-state index contributed by atoms with van der Waals surface area (Å²) in [6.07, 6.45) is -0.0701. The maximum Gasteiger partial charge on any atom is 0.340 e. The van der Waals surface area contributed by atoms with Crippen molar-refractivity contribution in [3.8, 4) is 5.75 Å². The van der Waals surface area contributed by atoms with E-state index in [2.05, 4.69) is 4.72 Å². The summed E-state index contributed by atoms with van der Waals surface area (Å²) in [6.45, 7) is 5.72. The number of hydrogen-bond acceptors (Lipinski definition) is 5. The lowest BCUT2D eigenvalue weighted by atomic mass is 10.1. The number of carbonyl (C=O) groups is 1. The number of nitrogens with one attached hydrogen (secondary N) is 1.